The quantitative estimate of drug-likeness (QED) is 0.536. The highest BCUT2D eigenvalue weighted by Crippen LogP contribution is 1.74. The standard InChI is InChI=1S/C5H8NO2/c1-3-4-8-5(7)6-2/h3H,1-2,4H2,(H,6,7). The molecular weight excluding hydrogens is 106 g/mol. The Balaban J connectivity index is 3.11. The predicted molar refractivity (Wildman–Crippen MR) is 30.0 cm³/mol. The maximum atomic E-state index is 10.1. The molecular formula is C5H8NO2. The Morgan fingerprint density at radius 2 is 2.50 bits per heavy atom. The van der Waals surface area contributed by atoms with Gasteiger partial charge in [-0.2, -0.15) is 0 Å². The smallest absolute Gasteiger partial charge is 0.407 e. The SMILES string of the molecule is [CH2]NC(=O)OCC=C. The number of alkyl carbamates (subject to hydrolysis) is 1. The molecule has 0 fully saturated rings. The average molecular weight is 114 g/mol. The van der Waals surface area contributed by atoms with E-state index in [0.29, 0.717) is 0 Å². The molecule has 1 radical (unpaired) electrons. The molecule has 0 aromatic carbocycles. The van der Waals surface area contributed by atoms with Crippen LogP contribution in [0.1, 0.15) is 0 Å². The van der Waals surface area contributed by atoms with E-state index < -0.39 is 6.09 Å². The van der Waals surface area contributed by atoms with Gasteiger partial charge in [-0.1, -0.05) is 12.7 Å². The Bertz CT molecular complexity index is 90.4. The van der Waals surface area contributed by atoms with Crippen molar-refractivity contribution in [1.29, 1.82) is 0 Å². The second-order valence-electron chi connectivity index (χ2n) is 1.06. The Morgan fingerprint density at radius 3 is 2.88 bits per heavy atom. The van der Waals surface area contributed by atoms with Crippen molar-refractivity contribution in [2.24, 2.45) is 0 Å². The van der Waals surface area contributed by atoms with E-state index in [-0.39, 0.29) is 6.61 Å². The van der Waals surface area contributed by atoms with Crippen molar-refractivity contribution in [2.45, 2.75) is 0 Å². The van der Waals surface area contributed by atoms with E-state index in [0.717, 1.165) is 0 Å². The zero-order valence-corrected chi connectivity index (χ0v) is 4.52. The summed E-state index contributed by atoms with van der Waals surface area (Å²) in [6, 6.07) is 0. The van der Waals surface area contributed by atoms with E-state index in [2.05, 4.69) is 18.4 Å². The molecule has 45 valence electrons. The van der Waals surface area contributed by atoms with Crippen molar-refractivity contribution >= 4 is 6.09 Å². The van der Waals surface area contributed by atoms with Crippen molar-refractivity contribution in [2.75, 3.05) is 6.61 Å². The third kappa shape index (κ3) is 3.21. The largest absolute Gasteiger partial charge is 0.445 e. The second kappa shape index (κ2) is 4.18. The summed E-state index contributed by atoms with van der Waals surface area (Å²) in [4.78, 5) is 10.1. The number of rotatable bonds is 2. The van der Waals surface area contributed by atoms with Gasteiger partial charge in [0, 0.05) is 7.05 Å². The number of carbonyl (C=O) groups excluding carboxylic acids is 1. The van der Waals surface area contributed by atoms with E-state index in [9.17, 15) is 4.79 Å². The van der Waals surface area contributed by atoms with E-state index in [1.807, 2.05) is 5.32 Å². The highest BCUT2D eigenvalue weighted by atomic mass is 16.5. The monoisotopic (exact) mass is 114 g/mol. The minimum atomic E-state index is -0.537. The lowest BCUT2D eigenvalue weighted by Crippen LogP contribution is -2.16. The van der Waals surface area contributed by atoms with Gasteiger partial charge in [0.1, 0.15) is 6.61 Å². The minimum absolute atomic E-state index is 0.224. The van der Waals surface area contributed by atoms with Crippen LogP contribution in [-0.2, 0) is 4.74 Å². The number of carbonyl (C=O) groups is 1. The summed E-state index contributed by atoms with van der Waals surface area (Å²) < 4.78 is 4.41. The zero-order valence-electron chi connectivity index (χ0n) is 4.52. The van der Waals surface area contributed by atoms with Crippen LogP contribution >= 0.6 is 0 Å². The predicted octanol–water partition coefficient (Wildman–Crippen LogP) is 0.690. The van der Waals surface area contributed by atoms with Gasteiger partial charge in [-0.3, -0.25) is 0 Å². The summed E-state index contributed by atoms with van der Waals surface area (Å²) in [6.45, 7) is 3.57. The second-order valence-corrected chi connectivity index (χ2v) is 1.06. The van der Waals surface area contributed by atoms with Gasteiger partial charge in [-0.05, 0) is 0 Å². The molecule has 1 amide bonds. The Hall–Kier alpha value is -0.990. The molecule has 0 atom stereocenters. The number of amides is 1. The lowest BCUT2D eigenvalue weighted by atomic mass is 10.7. The van der Waals surface area contributed by atoms with Gasteiger partial charge in [0.05, 0.1) is 0 Å². The van der Waals surface area contributed by atoms with Gasteiger partial charge >= 0.3 is 6.09 Å². The van der Waals surface area contributed by atoms with Gasteiger partial charge < -0.3 is 10.1 Å². The van der Waals surface area contributed by atoms with Crippen molar-refractivity contribution < 1.29 is 9.53 Å². The summed E-state index contributed by atoms with van der Waals surface area (Å²) in [5, 5.41) is 2.04. The third-order valence-corrected chi connectivity index (χ3v) is 0.477. The first-order valence-corrected chi connectivity index (χ1v) is 2.12. The molecule has 0 aliphatic carbocycles. The van der Waals surface area contributed by atoms with E-state index in [1.54, 1.807) is 0 Å². The first-order chi connectivity index (χ1) is 3.81. The average Bonchev–Trinajstić information content (AvgIpc) is 1.83. The van der Waals surface area contributed by atoms with Crippen LogP contribution in [0.5, 0.6) is 0 Å². The van der Waals surface area contributed by atoms with Gasteiger partial charge in [-0.25, -0.2) is 4.79 Å². The summed E-state index contributed by atoms with van der Waals surface area (Å²) in [7, 11) is 3.08. The maximum absolute atomic E-state index is 10.1. The van der Waals surface area contributed by atoms with Crippen molar-refractivity contribution in [1.82, 2.24) is 5.32 Å². The molecule has 3 nitrogen and oxygen atoms in total. The fourth-order valence-corrected chi connectivity index (χ4v) is 0.186. The molecule has 0 spiro atoms. The van der Waals surface area contributed by atoms with Crippen LogP contribution in [0, 0.1) is 7.05 Å². The molecule has 0 aliphatic heterocycles. The highest BCUT2D eigenvalue weighted by molar-refractivity contribution is 5.67. The molecule has 0 aromatic heterocycles. The van der Waals surface area contributed by atoms with E-state index >= 15 is 0 Å². The van der Waals surface area contributed by atoms with Crippen LogP contribution in [0.3, 0.4) is 0 Å². The van der Waals surface area contributed by atoms with Crippen LogP contribution in [0.4, 0.5) is 4.79 Å². The van der Waals surface area contributed by atoms with Crippen molar-refractivity contribution in [3.63, 3.8) is 0 Å². The maximum Gasteiger partial charge on any atom is 0.407 e. The first-order valence-electron chi connectivity index (χ1n) is 2.12. The first kappa shape index (κ1) is 7.01. The topological polar surface area (TPSA) is 38.3 Å². The third-order valence-electron chi connectivity index (χ3n) is 0.477. The van der Waals surface area contributed by atoms with Crippen molar-refractivity contribution in [3.05, 3.63) is 19.7 Å². The molecule has 0 saturated carbocycles. The molecule has 0 bridgehead atoms. The highest BCUT2D eigenvalue weighted by Gasteiger charge is 1.90. The summed E-state index contributed by atoms with van der Waals surface area (Å²) >= 11 is 0. The van der Waals surface area contributed by atoms with E-state index in [1.165, 1.54) is 6.08 Å². The van der Waals surface area contributed by atoms with Crippen LogP contribution in [0.15, 0.2) is 12.7 Å². The lowest BCUT2D eigenvalue weighted by molar-refractivity contribution is 0.162. The van der Waals surface area contributed by atoms with Crippen LogP contribution < -0.4 is 5.32 Å². The molecule has 0 aromatic rings. The molecule has 1 N–H and O–H groups in total. The number of ether oxygens (including phenoxy) is 1. The Kier molecular flexibility index (Phi) is 3.66. The molecule has 8 heavy (non-hydrogen) atoms. The van der Waals surface area contributed by atoms with Gasteiger partial charge in [0.25, 0.3) is 0 Å². The van der Waals surface area contributed by atoms with Gasteiger partial charge in [-0.15, -0.1) is 0 Å². The van der Waals surface area contributed by atoms with Gasteiger partial charge in [0.2, 0.25) is 0 Å². The van der Waals surface area contributed by atoms with Crippen LogP contribution in [0.25, 0.3) is 0 Å². The van der Waals surface area contributed by atoms with E-state index in [4.69, 9.17) is 0 Å². The fraction of sp³-hybridized carbons (Fsp3) is 0.200. The Labute approximate surface area is 48.3 Å². The van der Waals surface area contributed by atoms with Crippen LogP contribution in [0.2, 0.25) is 0 Å². The number of nitrogens with one attached hydrogen (secondary N) is 1. The minimum Gasteiger partial charge on any atom is -0.445 e. The summed E-state index contributed by atoms with van der Waals surface area (Å²) in [6.07, 6.45) is 0.944. The molecule has 0 aliphatic rings. The fourth-order valence-electron chi connectivity index (χ4n) is 0.186. The number of hydrogen-bond donors (Lipinski definition) is 1. The molecule has 3 heteroatoms. The summed E-state index contributed by atoms with van der Waals surface area (Å²) in [5.41, 5.74) is 0. The van der Waals surface area contributed by atoms with Crippen molar-refractivity contribution in [3.8, 4) is 0 Å². The normalized spacial score (nSPS) is 7.62. The molecule has 0 heterocycles. The molecule has 0 rings (SSSR count). The Morgan fingerprint density at radius 1 is 1.88 bits per heavy atom. The van der Waals surface area contributed by atoms with Gasteiger partial charge in [0.15, 0.2) is 0 Å². The molecule has 0 saturated heterocycles. The number of hydrogen-bond acceptors (Lipinski definition) is 2. The summed E-state index contributed by atoms with van der Waals surface area (Å²) in [5.74, 6) is 0. The lowest BCUT2D eigenvalue weighted by Gasteiger charge is -1.96. The zero-order chi connectivity index (χ0) is 6.41. The van der Waals surface area contributed by atoms with Crippen LogP contribution in [-0.4, -0.2) is 12.7 Å². The molecule has 0 unspecified atom stereocenters.